The molecule has 3 rings (SSSR count). The Kier molecular flexibility index (Phi) is 4.65. The number of alkyl halides is 6. The van der Waals surface area contributed by atoms with Crippen molar-refractivity contribution in [1.82, 2.24) is 14.8 Å². The van der Waals surface area contributed by atoms with Gasteiger partial charge in [0.15, 0.2) is 4.80 Å². The van der Waals surface area contributed by atoms with Gasteiger partial charge in [0.1, 0.15) is 0 Å². The lowest BCUT2D eigenvalue weighted by Crippen LogP contribution is -2.13. The molecule has 0 spiro atoms. The zero-order valence-corrected chi connectivity index (χ0v) is 14.4. The van der Waals surface area contributed by atoms with E-state index in [1.807, 2.05) is 0 Å². The number of aromatic nitrogens is 3. The number of aryl methyl sites for hydroxylation is 1. The van der Waals surface area contributed by atoms with Gasteiger partial charge >= 0.3 is 12.4 Å². The monoisotopic (exact) mass is 410 g/mol. The van der Waals surface area contributed by atoms with Crippen molar-refractivity contribution in [3.63, 3.8) is 0 Å². The molecule has 0 saturated heterocycles. The van der Waals surface area contributed by atoms with Crippen LogP contribution in [-0.2, 0) is 12.4 Å². The van der Waals surface area contributed by atoms with Crippen molar-refractivity contribution in [2.24, 2.45) is 4.99 Å². The van der Waals surface area contributed by atoms with E-state index in [2.05, 4.69) is 15.2 Å². The normalized spacial score (nSPS) is 13.4. The van der Waals surface area contributed by atoms with Crippen LogP contribution in [0.5, 0.6) is 0 Å². The van der Waals surface area contributed by atoms with E-state index in [0.29, 0.717) is 4.88 Å². The Morgan fingerprint density at radius 2 is 1.73 bits per heavy atom. The molecule has 12 heteroatoms. The van der Waals surface area contributed by atoms with Gasteiger partial charge in [-0.3, -0.25) is 4.57 Å². The second-order valence-electron chi connectivity index (χ2n) is 5.04. The Morgan fingerprint density at radius 3 is 2.35 bits per heavy atom. The van der Waals surface area contributed by atoms with Crippen LogP contribution >= 0.6 is 22.7 Å². The molecule has 0 unspecified atom stereocenters. The van der Waals surface area contributed by atoms with Crippen LogP contribution < -0.4 is 4.80 Å². The van der Waals surface area contributed by atoms with Crippen molar-refractivity contribution in [1.29, 1.82) is 0 Å². The van der Waals surface area contributed by atoms with E-state index in [4.69, 9.17) is 0 Å². The van der Waals surface area contributed by atoms with Crippen LogP contribution in [0.3, 0.4) is 0 Å². The molecule has 0 amide bonds. The summed E-state index contributed by atoms with van der Waals surface area (Å²) in [6.45, 7) is 1.70. The van der Waals surface area contributed by atoms with Gasteiger partial charge in [0, 0.05) is 16.8 Å². The van der Waals surface area contributed by atoms with Crippen LogP contribution in [0.25, 0.3) is 5.69 Å². The summed E-state index contributed by atoms with van der Waals surface area (Å²) in [7, 11) is 0. The van der Waals surface area contributed by atoms with Gasteiger partial charge in [-0.25, -0.2) is 0 Å². The smallest absolute Gasteiger partial charge is 0.292 e. The fraction of sp³-hybridized carbons (Fsp3) is 0.214. The number of thiazole rings is 1. The molecule has 0 saturated carbocycles. The van der Waals surface area contributed by atoms with Gasteiger partial charge in [0.25, 0.3) is 0 Å². The maximum absolute atomic E-state index is 12.9. The molecule has 0 atom stereocenters. The highest BCUT2D eigenvalue weighted by Gasteiger charge is 2.35. The second kappa shape index (κ2) is 6.50. The first-order chi connectivity index (χ1) is 12.0. The molecule has 0 fully saturated rings. The highest BCUT2D eigenvalue weighted by atomic mass is 32.1. The molecule has 2 aromatic heterocycles. The second-order valence-corrected chi connectivity index (χ2v) is 7.21. The molecular weight excluding hydrogens is 402 g/mol. The van der Waals surface area contributed by atoms with E-state index >= 15 is 0 Å². The largest absolute Gasteiger partial charge is 0.445 e. The van der Waals surface area contributed by atoms with Crippen LogP contribution in [0, 0.1) is 6.92 Å². The third kappa shape index (κ3) is 3.96. The van der Waals surface area contributed by atoms with Gasteiger partial charge in [-0.1, -0.05) is 17.4 Å². The van der Waals surface area contributed by atoms with Crippen LogP contribution in [-0.4, -0.2) is 14.8 Å². The molecule has 0 bridgehead atoms. The average molecular weight is 410 g/mol. The molecule has 0 aliphatic heterocycles. The molecule has 4 nitrogen and oxygen atoms in total. The Bertz CT molecular complexity index is 996. The zero-order valence-electron chi connectivity index (χ0n) is 12.8. The summed E-state index contributed by atoms with van der Waals surface area (Å²) in [6.07, 6.45) is -7.60. The predicted octanol–water partition coefficient (Wildman–Crippen LogP) is 4.97. The van der Waals surface area contributed by atoms with E-state index in [1.165, 1.54) is 16.7 Å². The molecule has 0 aliphatic rings. The van der Waals surface area contributed by atoms with Crippen LogP contribution in [0.15, 0.2) is 35.5 Å². The summed E-state index contributed by atoms with van der Waals surface area (Å²) in [5, 5.41) is 5.03. The van der Waals surface area contributed by atoms with Gasteiger partial charge in [-0.05, 0) is 25.1 Å². The average Bonchev–Trinajstić information content (AvgIpc) is 3.13. The van der Waals surface area contributed by atoms with Crippen LogP contribution in [0.2, 0.25) is 0 Å². The Morgan fingerprint density at radius 1 is 1.00 bits per heavy atom. The van der Waals surface area contributed by atoms with Gasteiger partial charge < -0.3 is 0 Å². The molecule has 3 aromatic rings. The summed E-state index contributed by atoms with van der Waals surface area (Å²) in [5.41, 5.74) is -0.656. The van der Waals surface area contributed by atoms with Crippen LogP contribution in [0.1, 0.15) is 15.4 Å². The first-order valence-electron chi connectivity index (χ1n) is 6.86. The minimum Gasteiger partial charge on any atom is -0.292 e. The van der Waals surface area contributed by atoms with Gasteiger partial charge in [0.2, 0.25) is 10.1 Å². The Balaban J connectivity index is 2.08. The summed E-state index contributed by atoms with van der Waals surface area (Å²) >= 11 is 1.36. The molecule has 0 aliphatic carbocycles. The van der Waals surface area contributed by atoms with E-state index in [1.54, 1.807) is 13.1 Å². The maximum atomic E-state index is 12.9. The van der Waals surface area contributed by atoms with Crippen molar-refractivity contribution < 1.29 is 26.3 Å². The summed E-state index contributed by atoms with van der Waals surface area (Å²) in [5.74, 6) is 0. The lowest BCUT2D eigenvalue weighted by atomic mass is 10.2. The number of benzene rings is 1. The van der Waals surface area contributed by atoms with Gasteiger partial charge in [-0.2, -0.15) is 31.3 Å². The molecule has 1 aromatic carbocycles. The van der Waals surface area contributed by atoms with Crippen molar-refractivity contribution in [2.75, 3.05) is 0 Å². The third-order valence-electron chi connectivity index (χ3n) is 3.07. The van der Waals surface area contributed by atoms with E-state index < -0.39 is 22.9 Å². The highest BCUT2D eigenvalue weighted by Crippen LogP contribution is 2.34. The first-order valence-corrected chi connectivity index (χ1v) is 8.49. The van der Waals surface area contributed by atoms with Crippen molar-refractivity contribution >= 4 is 27.8 Å². The fourth-order valence-corrected chi connectivity index (χ4v) is 3.48. The minimum atomic E-state index is -4.63. The number of nitrogens with zero attached hydrogens (tertiary/aromatic N) is 4. The molecule has 0 radical (unpaired) electrons. The SMILES string of the molecule is Cc1cn(-c2cccc(C(F)(F)F)c2)/c(=N/c2nnc(C(F)(F)F)s2)s1. The van der Waals surface area contributed by atoms with Crippen molar-refractivity contribution in [3.8, 4) is 5.69 Å². The quantitative estimate of drug-likeness (QED) is 0.560. The zero-order chi connectivity index (χ0) is 19.1. The topological polar surface area (TPSA) is 43.1 Å². The molecule has 2 heterocycles. The standard InChI is InChI=1S/C14H8F6N4S2/c1-7-6-24(9-4-2-3-8(5-9)13(15,16)17)12(25-7)21-11-23-22-10(26-11)14(18,19)20/h2-6H,1H3/b21-12-. The number of hydrogen-bond donors (Lipinski definition) is 0. The van der Waals surface area contributed by atoms with Crippen LogP contribution in [0.4, 0.5) is 31.5 Å². The van der Waals surface area contributed by atoms with Crippen molar-refractivity contribution in [3.05, 3.63) is 50.7 Å². The lowest BCUT2D eigenvalue weighted by molar-refractivity contribution is -0.138. The third-order valence-corrected chi connectivity index (χ3v) is 4.83. The summed E-state index contributed by atoms with van der Waals surface area (Å²) in [4.78, 5) is 4.91. The van der Waals surface area contributed by atoms with Gasteiger partial charge in [0.05, 0.1) is 5.56 Å². The molecule has 0 N–H and O–H groups in total. The van der Waals surface area contributed by atoms with E-state index in [0.717, 1.165) is 23.5 Å². The number of hydrogen-bond acceptors (Lipinski definition) is 5. The number of rotatable bonds is 2. The predicted molar refractivity (Wildman–Crippen MR) is 83.5 cm³/mol. The molecule has 138 valence electrons. The highest BCUT2D eigenvalue weighted by molar-refractivity contribution is 7.15. The van der Waals surface area contributed by atoms with E-state index in [-0.39, 0.29) is 27.0 Å². The minimum absolute atomic E-state index is 0.184. The summed E-state index contributed by atoms with van der Waals surface area (Å²) in [6, 6.07) is 4.56. The maximum Gasteiger partial charge on any atom is 0.445 e. The lowest BCUT2D eigenvalue weighted by Gasteiger charge is -2.09. The summed E-state index contributed by atoms with van der Waals surface area (Å²) < 4.78 is 77.9. The number of halogens is 6. The van der Waals surface area contributed by atoms with Gasteiger partial charge in [-0.15, -0.1) is 21.5 Å². The fourth-order valence-electron chi connectivity index (χ4n) is 2.01. The van der Waals surface area contributed by atoms with Crippen molar-refractivity contribution in [2.45, 2.75) is 19.3 Å². The Labute approximate surface area is 150 Å². The van der Waals surface area contributed by atoms with E-state index in [9.17, 15) is 26.3 Å². The first kappa shape index (κ1) is 18.6. The molecule has 26 heavy (non-hydrogen) atoms. The Hall–Kier alpha value is -2.21. The molecular formula is C14H8F6N4S2.